The Labute approximate surface area is 173 Å². The molecule has 0 bridgehead atoms. The van der Waals surface area contributed by atoms with E-state index in [-0.39, 0.29) is 30.0 Å². The summed E-state index contributed by atoms with van der Waals surface area (Å²) in [5.41, 5.74) is 5.97. The zero-order valence-electron chi connectivity index (χ0n) is 17.8. The summed E-state index contributed by atoms with van der Waals surface area (Å²) in [7, 11) is -1.06. The number of likely N-dealkylation sites (N-methyl/N-ethyl adjacent to an activating group) is 1. The quantitative estimate of drug-likeness (QED) is 0.779. The maximum absolute atomic E-state index is 12.5. The number of nitrogens with zero attached hydrogens (tertiary/aromatic N) is 3. The molecule has 0 spiro atoms. The van der Waals surface area contributed by atoms with Crippen LogP contribution in [0.15, 0.2) is 18.2 Å². The number of hydrogen-bond acceptors (Lipinski definition) is 5. The molecule has 0 saturated carbocycles. The number of nitrogens with one attached hydrogen (secondary N) is 1. The van der Waals surface area contributed by atoms with Crippen molar-refractivity contribution in [1.29, 1.82) is 0 Å². The lowest BCUT2D eigenvalue weighted by atomic mass is 10.1. The number of benzene rings is 1. The number of aromatic nitrogens is 2. The first-order valence-electron chi connectivity index (χ1n) is 9.87. The van der Waals surface area contributed by atoms with E-state index in [2.05, 4.69) is 10.4 Å². The summed E-state index contributed by atoms with van der Waals surface area (Å²) in [6.07, 6.45) is 0.609. The molecule has 2 heterocycles. The smallest absolute Gasteiger partial charge is 0.238 e. The highest BCUT2D eigenvalue weighted by atomic mass is 32.2. The van der Waals surface area contributed by atoms with Crippen LogP contribution >= 0.6 is 0 Å². The first-order valence-corrected chi connectivity index (χ1v) is 11.7. The summed E-state index contributed by atoms with van der Waals surface area (Å²) in [6, 6.07) is 5.78. The van der Waals surface area contributed by atoms with Gasteiger partial charge in [0.05, 0.1) is 29.8 Å². The van der Waals surface area contributed by atoms with Crippen molar-refractivity contribution < 1.29 is 13.2 Å². The van der Waals surface area contributed by atoms with Gasteiger partial charge in [-0.15, -0.1) is 0 Å². The second-order valence-electron chi connectivity index (χ2n) is 8.12. The lowest BCUT2D eigenvalue weighted by Gasteiger charge is -2.18. The van der Waals surface area contributed by atoms with Crippen LogP contribution in [0, 0.1) is 27.7 Å². The van der Waals surface area contributed by atoms with Crippen molar-refractivity contribution in [2.75, 3.05) is 30.4 Å². The van der Waals surface area contributed by atoms with E-state index in [0.717, 1.165) is 33.8 Å². The van der Waals surface area contributed by atoms with E-state index < -0.39 is 9.84 Å². The summed E-state index contributed by atoms with van der Waals surface area (Å²) in [4.78, 5) is 14.4. The molecule has 8 heteroatoms. The molecule has 1 amide bonds. The van der Waals surface area contributed by atoms with E-state index in [1.54, 1.807) is 0 Å². The lowest BCUT2D eigenvalue weighted by molar-refractivity contribution is -0.117. The Bertz CT molecular complexity index is 1030. The van der Waals surface area contributed by atoms with E-state index in [1.165, 1.54) is 0 Å². The largest absolute Gasteiger partial charge is 0.325 e. The molecule has 1 aliphatic heterocycles. The number of amides is 1. The minimum Gasteiger partial charge on any atom is -0.325 e. The van der Waals surface area contributed by atoms with Crippen LogP contribution in [0.25, 0.3) is 0 Å². The summed E-state index contributed by atoms with van der Waals surface area (Å²) >= 11 is 0. The topological polar surface area (TPSA) is 84.3 Å². The van der Waals surface area contributed by atoms with Gasteiger partial charge >= 0.3 is 0 Å². The van der Waals surface area contributed by atoms with Gasteiger partial charge in [-0.1, -0.05) is 12.1 Å². The fraction of sp³-hybridized carbons (Fsp3) is 0.524. The highest BCUT2D eigenvalue weighted by Crippen LogP contribution is 2.27. The van der Waals surface area contributed by atoms with Crippen molar-refractivity contribution in [3.8, 4) is 0 Å². The van der Waals surface area contributed by atoms with Crippen LogP contribution in [-0.4, -0.2) is 54.1 Å². The van der Waals surface area contributed by atoms with Gasteiger partial charge in [-0.3, -0.25) is 14.4 Å². The fourth-order valence-electron chi connectivity index (χ4n) is 3.90. The SMILES string of the molecule is Cc1cccc(NC(=O)CN(C)Cc2c(C)nn([C@H]3CCS(=O)(=O)C3)c2C)c1C. The van der Waals surface area contributed by atoms with E-state index >= 15 is 0 Å². The van der Waals surface area contributed by atoms with Crippen LogP contribution in [-0.2, 0) is 21.2 Å². The van der Waals surface area contributed by atoms with Crippen molar-refractivity contribution in [1.82, 2.24) is 14.7 Å². The monoisotopic (exact) mass is 418 g/mol. The summed E-state index contributed by atoms with van der Waals surface area (Å²) < 4.78 is 25.5. The number of carbonyl (C=O) groups is 1. The van der Waals surface area contributed by atoms with Crippen LogP contribution in [0.5, 0.6) is 0 Å². The van der Waals surface area contributed by atoms with Gasteiger partial charge in [-0.05, 0) is 58.4 Å². The Morgan fingerprint density at radius 2 is 2.00 bits per heavy atom. The molecule has 2 aromatic rings. The van der Waals surface area contributed by atoms with Crippen molar-refractivity contribution in [3.63, 3.8) is 0 Å². The summed E-state index contributed by atoms with van der Waals surface area (Å²) in [6.45, 7) is 8.78. The van der Waals surface area contributed by atoms with Gasteiger partial charge in [0, 0.05) is 23.5 Å². The Morgan fingerprint density at radius 1 is 1.28 bits per heavy atom. The van der Waals surface area contributed by atoms with E-state index in [0.29, 0.717) is 13.0 Å². The highest BCUT2D eigenvalue weighted by Gasteiger charge is 2.31. The third-order valence-corrected chi connectivity index (χ3v) is 7.50. The maximum Gasteiger partial charge on any atom is 0.238 e. The van der Waals surface area contributed by atoms with Crippen LogP contribution in [0.2, 0.25) is 0 Å². The average Bonchev–Trinajstić information content (AvgIpc) is 3.12. The predicted octanol–water partition coefficient (Wildman–Crippen LogP) is 2.55. The second kappa shape index (κ2) is 8.28. The van der Waals surface area contributed by atoms with Crippen LogP contribution in [0.1, 0.15) is 40.5 Å². The van der Waals surface area contributed by atoms with Crippen molar-refractivity contribution >= 4 is 21.4 Å². The molecule has 3 rings (SSSR count). The highest BCUT2D eigenvalue weighted by molar-refractivity contribution is 7.91. The van der Waals surface area contributed by atoms with Crippen molar-refractivity contribution in [3.05, 3.63) is 46.3 Å². The molecule has 1 aromatic heterocycles. The number of rotatable bonds is 6. The molecule has 1 fully saturated rings. The van der Waals surface area contributed by atoms with Gasteiger partial charge in [0.25, 0.3) is 0 Å². The predicted molar refractivity (Wildman–Crippen MR) is 115 cm³/mol. The normalized spacial score (nSPS) is 18.3. The van der Waals surface area contributed by atoms with Crippen LogP contribution in [0.3, 0.4) is 0 Å². The molecule has 158 valence electrons. The van der Waals surface area contributed by atoms with Crippen LogP contribution < -0.4 is 5.32 Å². The third-order valence-electron chi connectivity index (χ3n) is 5.75. The number of aryl methyl sites for hydroxylation is 2. The third kappa shape index (κ3) is 4.87. The Morgan fingerprint density at radius 3 is 2.66 bits per heavy atom. The number of hydrogen-bond donors (Lipinski definition) is 1. The first kappa shape index (κ1) is 21.5. The summed E-state index contributed by atoms with van der Waals surface area (Å²) in [5.74, 6) is 0.317. The average molecular weight is 419 g/mol. The van der Waals surface area contributed by atoms with E-state index in [9.17, 15) is 13.2 Å². The standard InChI is InChI=1S/C21H30N4O3S/c1-14-7-6-8-20(15(14)2)22-21(26)12-24(5)11-19-16(3)23-25(17(19)4)18-9-10-29(27,28)13-18/h6-8,18H,9-13H2,1-5H3,(H,22,26)/t18-/m0/s1. The minimum absolute atomic E-state index is 0.0641. The molecular weight excluding hydrogens is 388 g/mol. The molecule has 1 aromatic carbocycles. The van der Waals surface area contributed by atoms with E-state index in [4.69, 9.17) is 0 Å². The second-order valence-corrected chi connectivity index (χ2v) is 10.3. The minimum atomic E-state index is -2.96. The Hall–Kier alpha value is -2.19. The molecule has 7 nitrogen and oxygen atoms in total. The molecule has 1 atom stereocenters. The molecule has 1 saturated heterocycles. The van der Waals surface area contributed by atoms with Gasteiger partial charge in [0.1, 0.15) is 0 Å². The lowest BCUT2D eigenvalue weighted by Crippen LogP contribution is -2.30. The van der Waals surface area contributed by atoms with Gasteiger partial charge in [0.2, 0.25) is 5.91 Å². The molecule has 0 unspecified atom stereocenters. The molecular formula is C21H30N4O3S. The molecule has 0 radical (unpaired) electrons. The van der Waals surface area contributed by atoms with E-state index in [1.807, 2.05) is 62.5 Å². The fourth-order valence-corrected chi connectivity index (χ4v) is 5.59. The zero-order valence-corrected chi connectivity index (χ0v) is 18.6. The molecule has 1 N–H and O–H groups in total. The van der Waals surface area contributed by atoms with Gasteiger partial charge in [-0.2, -0.15) is 5.10 Å². The van der Waals surface area contributed by atoms with Gasteiger partial charge in [-0.25, -0.2) is 8.42 Å². The molecule has 0 aliphatic carbocycles. The van der Waals surface area contributed by atoms with Crippen LogP contribution in [0.4, 0.5) is 5.69 Å². The maximum atomic E-state index is 12.5. The Kier molecular flexibility index (Phi) is 6.14. The Balaban J connectivity index is 1.65. The number of anilines is 1. The summed E-state index contributed by atoms with van der Waals surface area (Å²) in [5, 5.41) is 7.59. The number of sulfone groups is 1. The first-order chi connectivity index (χ1) is 13.6. The molecule has 29 heavy (non-hydrogen) atoms. The zero-order chi connectivity index (χ0) is 21.3. The number of carbonyl (C=O) groups excluding carboxylic acids is 1. The van der Waals surface area contributed by atoms with Crippen molar-refractivity contribution in [2.45, 2.75) is 46.7 Å². The van der Waals surface area contributed by atoms with Gasteiger partial charge in [0.15, 0.2) is 9.84 Å². The van der Waals surface area contributed by atoms with Gasteiger partial charge < -0.3 is 5.32 Å². The molecule has 1 aliphatic rings. The van der Waals surface area contributed by atoms with Crippen molar-refractivity contribution in [2.24, 2.45) is 0 Å².